The summed E-state index contributed by atoms with van der Waals surface area (Å²) in [4.78, 5) is 14.7. The molecule has 2 rings (SSSR count). The van der Waals surface area contributed by atoms with E-state index < -0.39 is 0 Å². The number of amides is 1. The number of hydrogen-bond donors (Lipinski definition) is 0. The van der Waals surface area contributed by atoms with Crippen LogP contribution in [0.3, 0.4) is 0 Å². The van der Waals surface area contributed by atoms with Crippen LogP contribution in [0.5, 0.6) is 0 Å². The highest BCUT2D eigenvalue weighted by molar-refractivity contribution is 5.79. The van der Waals surface area contributed by atoms with Gasteiger partial charge in [-0.3, -0.25) is 4.79 Å². The van der Waals surface area contributed by atoms with Gasteiger partial charge in [-0.05, 0) is 43.4 Å². The molecule has 134 valence electrons. The molecule has 2 aromatic carbocycles. The third-order valence-electron chi connectivity index (χ3n) is 4.50. The first-order chi connectivity index (χ1) is 12.1. The summed E-state index contributed by atoms with van der Waals surface area (Å²) in [6.07, 6.45) is 2.41. The van der Waals surface area contributed by atoms with Crippen LogP contribution in [0.1, 0.15) is 28.7 Å². The first kappa shape index (κ1) is 19.2. The van der Waals surface area contributed by atoms with E-state index in [1.807, 2.05) is 11.0 Å². The van der Waals surface area contributed by atoms with Gasteiger partial charge in [-0.2, -0.15) is 0 Å². The molecule has 0 fully saturated rings. The fraction of sp³-hybridized carbons (Fsp3) is 0.409. The Hall–Kier alpha value is -2.13. The van der Waals surface area contributed by atoms with Gasteiger partial charge in [0, 0.05) is 20.2 Å². The minimum atomic E-state index is 0.179. The fourth-order valence-electron chi connectivity index (χ4n) is 2.95. The molecule has 0 atom stereocenters. The quantitative estimate of drug-likeness (QED) is 0.692. The van der Waals surface area contributed by atoms with Crippen molar-refractivity contribution in [1.82, 2.24) is 4.90 Å². The molecular formula is C22H29NO2. The van der Waals surface area contributed by atoms with Crippen LogP contribution < -0.4 is 0 Å². The average Bonchev–Trinajstić information content (AvgIpc) is 2.62. The molecule has 0 saturated carbocycles. The Morgan fingerprint density at radius 3 is 2.52 bits per heavy atom. The molecule has 2 aromatic rings. The molecule has 0 bridgehead atoms. The van der Waals surface area contributed by atoms with Crippen LogP contribution in [-0.2, 0) is 22.4 Å². The predicted octanol–water partition coefficient (Wildman–Crippen LogP) is 3.95. The monoisotopic (exact) mass is 339 g/mol. The Morgan fingerprint density at radius 2 is 1.80 bits per heavy atom. The van der Waals surface area contributed by atoms with E-state index in [1.54, 1.807) is 7.11 Å². The van der Waals surface area contributed by atoms with Crippen LogP contribution in [0.2, 0.25) is 0 Å². The zero-order valence-corrected chi connectivity index (χ0v) is 15.6. The molecule has 0 aliphatic rings. The minimum Gasteiger partial charge on any atom is -0.383 e. The van der Waals surface area contributed by atoms with Gasteiger partial charge in [-0.25, -0.2) is 0 Å². The molecule has 0 aliphatic heterocycles. The van der Waals surface area contributed by atoms with Crippen molar-refractivity contribution < 1.29 is 9.53 Å². The zero-order valence-electron chi connectivity index (χ0n) is 15.6. The largest absolute Gasteiger partial charge is 0.383 e. The third-order valence-corrected chi connectivity index (χ3v) is 4.50. The number of hydrogen-bond acceptors (Lipinski definition) is 2. The van der Waals surface area contributed by atoms with Gasteiger partial charge in [0.2, 0.25) is 5.91 Å². The lowest BCUT2D eigenvalue weighted by atomic mass is 10.0. The first-order valence-electron chi connectivity index (χ1n) is 8.97. The van der Waals surface area contributed by atoms with Gasteiger partial charge < -0.3 is 9.64 Å². The van der Waals surface area contributed by atoms with Gasteiger partial charge >= 0.3 is 0 Å². The second kappa shape index (κ2) is 10.00. The molecular weight excluding hydrogens is 310 g/mol. The van der Waals surface area contributed by atoms with Crippen LogP contribution in [0, 0.1) is 13.8 Å². The summed E-state index contributed by atoms with van der Waals surface area (Å²) < 4.78 is 5.19. The van der Waals surface area contributed by atoms with Gasteiger partial charge in [0.05, 0.1) is 13.0 Å². The lowest BCUT2D eigenvalue weighted by Crippen LogP contribution is -2.36. The van der Waals surface area contributed by atoms with Gasteiger partial charge in [-0.15, -0.1) is 0 Å². The Morgan fingerprint density at radius 1 is 1.04 bits per heavy atom. The van der Waals surface area contributed by atoms with Crippen molar-refractivity contribution in [2.24, 2.45) is 0 Å². The predicted molar refractivity (Wildman–Crippen MR) is 103 cm³/mol. The topological polar surface area (TPSA) is 29.5 Å². The number of nitrogens with zero attached hydrogens (tertiary/aromatic N) is 1. The maximum atomic E-state index is 12.8. The lowest BCUT2D eigenvalue weighted by Gasteiger charge is -2.23. The highest BCUT2D eigenvalue weighted by Gasteiger charge is 2.15. The highest BCUT2D eigenvalue weighted by Crippen LogP contribution is 2.13. The minimum absolute atomic E-state index is 0.179. The summed E-state index contributed by atoms with van der Waals surface area (Å²) in [5.41, 5.74) is 4.81. The summed E-state index contributed by atoms with van der Waals surface area (Å²) in [6.45, 7) is 6.12. The normalized spacial score (nSPS) is 10.7. The molecule has 0 radical (unpaired) electrons. The number of carbonyl (C=O) groups excluding carboxylic acids is 1. The molecule has 0 saturated heterocycles. The van der Waals surface area contributed by atoms with Crippen molar-refractivity contribution in [3.05, 3.63) is 70.8 Å². The molecule has 0 unspecified atom stereocenters. The number of benzene rings is 2. The van der Waals surface area contributed by atoms with E-state index in [-0.39, 0.29) is 5.91 Å². The molecule has 3 heteroatoms. The molecule has 0 aliphatic carbocycles. The van der Waals surface area contributed by atoms with Gasteiger partial charge in [-0.1, -0.05) is 54.1 Å². The molecule has 25 heavy (non-hydrogen) atoms. The van der Waals surface area contributed by atoms with Crippen molar-refractivity contribution in [2.75, 3.05) is 26.8 Å². The number of ether oxygens (including phenoxy) is 1. The maximum Gasteiger partial charge on any atom is 0.227 e. The molecule has 0 spiro atoms. The van der Waals surface area contributed by atoms with E-state index >= 15 is 0 Å². The number of methoxy groups -OCH3 is 1. The Balaban J connectivity index is 1.95. The Kier molecular flexibility index (Phi) is 7.68. The van der Waals surface area contributed by atoms with E-state index in [0.29, 0.717) is 19.6 Å². The molecule has 0 N–H and O–H groups in total. The molecule has 3 nitrogen and oxygen atoms in total. The molecule has 1 amide bonds. The van der Waals surface area contributed by atoms with E-state index in [0.717, 1.165) is 24.9 Å². The summed E-state index contributed by atoms with van der Waals surface area (Å²) in [7, 11) is 1.68. The zero-order chi connectivity index (χ0) is 18.1. The highest BCUT2D eigenvalue weighted by atomic mass is 16.5. The SMILES string of the molecule is COCCN(CCCc1ccccc1)C(=O)Cc1cc(C)ccc1C. The van der Waals surface area contributed by atoms with Crippen LogP contribution in [0.25, 0.3) is 0 Å². The summed E-state index contributed by atoms with van der Waals surface area (Å²) >= 11 is 0. The standard InChI is InChI=1S/C22H29NO2/c1-18-11-12-19(2)21(16-18)17-22(24)23(14-15-25-3)13-7-10-20-8-5-4-6-9-20/h4-6,8-9,11-12,16H,7,10,13-15,17H2,1-3H3. The van der Waals surface area contributed by atoms with Crippen LogP contribution in [0.4, 0.5) is 0 Å². The smallest absolute Gasteiger partial charge is 0.227 e. The van der Waals surface area contributed by atoms with E-state index in [4.69, 9.17) is 4.74 Å². The molecule has 0 heterocycles. The first-order valence-corrected chi connectivity index (χ1v) is 8.97. The maximum absolute atomic E-state index is 12.8. The Bertz CT molecular complexity index is 667. The summed E-state index contributed by atoms with van der Waals surface area (Å²) in [5.74, 6) is 0.179. The van der Waals surface area contributed by atoms with Crippen molar-refractivity contribution in [3.8, 4) is 0 Å². The van der Waals surface area contributed by atoms with Gasteiger partial charge in [0.25, 0.3) is 0 Å². The van der Waals surface area contributed by atoms with Crippen molar-refractivity contribution in [1.29, 1.82) is 0 Å². The summed E-state index contributed by atoms with van der Waals surface area (Å²) in [6, 6.07) is 16.7. The number of rotatable bonds is 9. The van der Waals surface area contributed by atoms with Crippen molar-refractivity contribution in [3.63, 3.8) is 0 Å². The van der Waals surface area contributed by atoms with Crippen LogP contribution in [-0.4, -0.2) is 37.6 Å². The fourth-order valence-corrected chi connectivity index (χ4v) is 2.95. The van der Waals surface area contributed by atoms with E-state index in [1.165, 1.54) is 16.7 Å². The van der Waals surface area contributed by atoms with E-state index in [2.05, 4.69) is 56.3 Å². The number of aryl methyl sites for hydroxylation is 3. The van der Waals surface area contributed by atoms with Crippen molar-refractivity contribution in [2.45, 2.75) is 33.1 Å². The van der Waals surface area contributed by atoms with Crippen molar-refractivity contribution >= 4 is 5.91 Å². The van der Waals surface area contributed by atoms with Crippen LogP contribution >= 0.6 is 0 Å². The van der Waals surface area contributed by atoms with E-state index in [9.17, 15) is 4.79 Å². The lowest BCUT2D eigenvalue weighted by molar-refractivity contribution is -0.131. The van der Waals surface area contributed by atoms with Crippen LogP contribution in [0.15, 0.2) is 48.5 Å². The molecule has 0 aromatic heterocycles. The Labute approximate surface area is 151 Å². The average molecular weight is 339 g/mol. The second-order valence-electron chi connectivity index (χ2n) is 6.57. The second-order valence-corrected chi connectivity index (χ2v) is 6.57. The third kappa shape index (κ3) is 6.35. The summed E-state index contributed by atoms with van der Waals surface area (Å²) in [5, 5.41) is 0. The van der Waals surface area contributed by atoms with Gasteiger partial charge in [0.1, 0.15) is 0 Å². The number of carbonyl (C=O) groups is 1. The van der Waals surface area contributed by atoms with Gasteiger partial charge in [0.15, 0.2) is 0 Å².